The van der Waals surface area contributed by atoms with Crippen LogP contribution < -0.4 is 4.90 Å². The fourth-order valence-electron chi connectivity index (χ4n) is 2.35. The summed E-state index contributed by atoms with van der Waals surface area (Å²) in [5.41, 5.74) is 1.14. The van der Waals surface area contributed by atoms with E-state index in [4.69, 9.17) is 0 Å². The van der Waals surface area contributed by atoms with Crippen LogP contribution in [-0.2, 0) is 4.79 Å². The number of nitrogens with zero attached hydrogens (tertiary/aromatic N) is 3. The smallest absolute Gasteiger partial charge is 0.219 e. The molecule has 1 saturated heterocycles. The van der Waals surface area contributed by atoms with Crippen molar-refractivity contribution in [3.05, 3.63) is 23.9 Å². The van der Waals surface area contributed by atoms with Gasteiger partial charge in [-0.2, -0.15) is 0 Å². The van der Waals surface area contributed by atoms with E-state index in [2.05, 4.69) is 11.1 Å². The van der Waals surface area contributed by atoms with E-state index in [0.29, 0.717) is 0 Å². The molecule has 2 rings (SSSR count). The second-order valence-electron chi connectivity index (χ2n) is 4.71. The number of likely N-dealkylation sites (tertiary alicyclic amines) is 1. The Kier molecular flexibility index (Phi) is 3.31. The Bertz CT molecular complexity index is 400. The minimum Gasteiger partial charge on any atom is -0.363 e. The summed E-state index contributed by atoms with van der Waals surface area (Å²) >= 11 is 0. The maximum absolute atomic E-state index is 11.5. The molecule has 1 atom stereocenters. The van der Waals surface area contributed by atoms with Crippen LogP contribution in [0.3, 0.4) is 0 Å². The van der Waals surface area contributed by atoms with Crippen molar-refractivity contribution in [2.45, 2.75) is 25.8 Å². The van der Waals surface area contributed by atoms with Crippen LogP contribution in [0.5, 0.6) is 0 Å². The quantitative estimate of drug-likeness (QED) is 0.782. The first-order chi connectivity index (χ1) is 8.09. The predicted molar refractivity (Wildman–Crippen MR) is 67.9 cm³/mol. The molecule has 17 heavy (non-hydrogen) atoms. The highest BCUT2D eigenvalue weighted by atomic mass is 16.2. The van der Waals surface area contributed by atoms with Crippen LogP contribution in [0, 0.1) is 0 Å². The zero-order valence-corrected chi connectivity index (χ0v) is 10.7. The number of rotatable bonds is 2. The standard InChI is InChI=1S/C13H19N3O/c1-10(17)16-8-4-5-12(16)11-6-7-13(14-9-11)15(2)3/h6-7,9,12H,4-5,8H2,1-3H3/t12-/m0/s1. The van der Waals surface area contributed by atoms with E-state index in [-0.39, 0.29) is 11.9 Å². The highest BCUT2D eigenvalue weighted by Crippen LogP contribution is 2.31. The summed E-state index contributed by atoms with van der Waals surface area (Å²) in [4.78, 5) is 19.8. The molecule has 4 heteroatoms. The van der Waals surface area contributed by atoms with Gasteiger partial charge < -0.3 is 9.80 Å². The summed E-state index contributed by atoms with van der Waals surface area (Å²) in [6, 6.07) is 4.30. The lowest BCUT2D eigenvalue weighted by atomic mass is 10.1. The lowest BCUT2D eigenvalue weighted by Gasteiger charge is -2.23. The minimum atomic E-state index is 0.157. The molecule has 0 bridgehead atoms. The van der Waals surface area contributed by atoms with Gasteiger partial charge in [-0.1, -0.05) is 6.07 Å². The van der Waals surface area contributed by atoms with Crippen molar-refractivity contribution in [2.75, 3.05) is 25.5 Å². The number of amides is 1. The summed E-state index contributed by atoms with van der Waals surface area (Å²) in [7, 11) is 3.94. The van der Waals surface area contributed by atoms with Crippen molar-refractivity contribution in [3.63, 3.8) is 0 Å². The van der Waals surface area contributed by atoms with Gasteiger partial charge in [-0.3, -0.25) is 4.79 Å². The Morgan fingerprint density at radius 3 is 2.76 bits per heavy atom. The first-order valence-corrected chi connectivity index (χ1v) is 6.00. The van der Waals surface area contributed by atoms with Gasteiger partial charge in [-0.25, -0.2) is 4.98 Å². The molecule has 2 heterocycles. The number of hydrogen-bond acceptors (Lipinski definition) is 3. The third kappa shape index (κ3) is 2.40. The Labute approximate surface area is 102 Å². The van der Waals surface area contributed by atoms with Crippen molar-refractivity contribution in [2.24, 2.45) is 0 Å². The Balaban J connectivity index is 2.19. The van der Waals surface area contributed by atoms with Gasteiger partial charge in [0.15, 0.2) is 0 Å². The molecule has 0 saturated carbocycles. The third-order valence-electron chi connectivity index (χ3n) is 3.27. The van der Waals surface area contributed by atoms with Crippen molar-refractivity contribution in [1.82, 2.24) is 9.88 Å². The van der Waals surface area contributed by atoms with E-state index in [1.54, 1.807) is 6.92 Å². The van der Waals surface area contributed by atoms with Crippen molar-refractivity contribution < 1.29 is 4.79 Å². The lowest BCUT2D eigenvalue weighted by molar-refractivity contribution is -0.129. The molecule has 0 spiro atoms. The molecule has 4 nitrogen and oxygen atoms in total. The molecule has 0 aromatic carbocycles. The number of carbonyl (C=O) groups excluding carboxylic acids is 1. The molecule has 1 aliphatic rings. The van der Waals surface area contributed by atoms with Gasteiger partial charge in [0.25, 0.3) is 0 Å². The summed E-state index contributed by atoms with van der Waals surface area (Å²) in [5, 5.41) is 0. The van der Waals surface area contributed by atoms with Gasteiger partial charge in [-0.05, 0) is 24.5 Å². The van der Waals surface area contributed by atoms with Crippen LogP contribution in [-0.4, -0.2) is 36.4 Å². The van der Waals surface area contributed by atoms with E-state index < -0.39 is 0 Å². The highest BCUT2D eigenvalue weighted by Gasteiger charge is 2.27. The Morgan fingerprint density at radius 2 is 2.24 bits per heavy atom. The van der Waals surface area contributed by atoms with E-state index in [9.17, 15) is 4.79 Å². The number of hydrogen-bond donors (Lipinski definition) is 0. The molecule has 92 valence electrons. The van der Waals surface area contributed by atoms with Gasteiger partial charge in [0, 0.05) is 33.8 Å². The monoisotopic (exact) mass is 233 g/mol. The van der Waals surface area contributed by atoms with Gasteiger partial charge in [0.05, 0.1) is 6.04 Å². The molecule has 1 aromatic rings. The van der Waals surface area contributed by atoms with Crippen LogP contribution in [0.2, 0.25) is 0 Å². The number of anilines is 1. The average molecular weight is 233 g/mol. The maximum Gasteiger partial charge on any atom is 0.219 e. The summed E-state index contributed by atoms with van der Waals surface area (Å²) in [6.07, 6.45) is 4.02. The molecular formula is C13H19N3O. The topological polar surface area (TPSA) is 36.4 Å². The van der Waals surface area contributed by atoms with Crippen LogP contribution in [0.1, 0.15) is 31.4 Å². The van der Waals surface area contributed by atoms with Gasteiger partial charge >= 0.3 is 0 Å². The molecule has 1 aromatic heterocycles. The second-order valence-corrected chi connectivity index (χ2v) is 4.71. The largest absolute Gasteiger partial charge is 0.363 e. The molecule has 1 aliphatic heterocycles. The van der Waals surface area contributed by atoms with E-state index >= 15 is 0 Å². The predicted octanol–water partition coefficient (Wildman–Crippen LogP) is 1.83. The first-order valence-electron chi connectivity index (χ1n) is 6.00. The molecule has 1 fully saturated rings. The lowest BCUT2D eigenvalue weighted by Crippen LogP contribution is -2.28. The average Bonchev–Trinajstić information content (AvgIpc) is 2.78. The number of aromatic nitrogens is 1. The van der Waals surface area contributed by atoms with E-state index in [0.717, 1.165) is 30.8 Å². The zero-order chi connectivity index (χ0) is 12.4. The van der Waals surface area contributed by atoms with Crippen molar-refractivity contribution in [3.8, 4) is 0 Å². The molecule has 0 aliphatic carbocycles. The van der Waals surface area contributed by atoms with Crippen LogP contribution in [0.25, 0.3) is 0 Å². The summed E-state index contributed by atoms with van der Waals surface area (Å²) in [5.74, 6) is 1.10. The summed E-state index contributed by atoms with van der Waals surface area (Å²) in [6.45, 7) is 2.51. The molecule has 0 radical (unpaired) electrons. The molecule has 0 N–H and O–H groups in total. The van der Waals surface area contributed by atoms with E-state index in [1.807, 2.05) is 36.2 Å². The first kappa shape index (κ1) is 11.9. The Morgan fingerprint density at radius 1 is 1.47 bits per heavy atom. The minimum absolute atomic E-state index is 0.157. The summed E-state index contributed by atoms with van der Waals surface area (Å²) < 4.78 is 0. The molecular weight excluding hydrogens is 214 g/mol. The van der Waals surface area contributed by atoms with Gasteiger partial charge in [0.1, 0.15) is 5.82 Å². The fourth-order valence-corrected chi connectivity index (χ4v) is 2.35. The van der Waals surface area contributed by atoms with Crippen LogP contribution in [0.15, 0.2) is 18.3 Å². The maximum atomic E-state index is 11.5. The molecule has 1 amide bonds. The van der Waals surface area contributed by atoms with E-state index in [1.165, 1.54) is 0 Å². The van der Waals surface area contributed by atoms with Crippen molar-refractivity contribution in [1.29, 1.82) is 0 Å². The fraction of sp³-hybridized carbons (Fsp3) is 0.538. The normalized spacial score (nSPS) is 19.5. The number of pyridine rings is 1. The zero-order valence-electron chi connectivity index (χ0n) is 10.7. The SMILES string of the molecule is CC(=O)N1CCC[C@H]1c1ccc(N(C)C)nc1. The third-order valence-corrected chi connectivity index (χ3v) is 3.27. The molecule has 0 unspecified atom stereocenters. The second kappa shape index (κ2) is 4.73. The Hall–Kier alpha value is -1.58. The van der Waals surface area contributed by atoms with Crippen LogP contribution in [0.4, 0.5) is 5.82 Å². The van der Waals surface area contributed by atoms with Gasteiger partial charge in [-0.15, -0.1) is 0 Å². The number of carbonyl (C=O) groups is 1. The van der Waals surface area contributed by atoms with Crippen molar-refractivity contribution >= 4 is 11.7 Å². The highest BCUT2D eigenvalue weighted by molar-refractivity contribution is 5.74. The van der Waals surface area contributed by atoms with Gasteiger partial charge in [0.2, 0.25) is 5.91 Å². The van der Waals surface area contributed by atoms with Crippen LogP contribution >= 0.6 is 0 Å².